The number of ether oxygens (including phenoxy) is 1. The first-order valence-electron chi connectivity index (χ1n) is 5.98. The molecule has 0 saturated heterocycles. The third-order valence-corrected chi connectivity index (χ3v) is 2.91. The highest BCUT2D eigenvalue weighted by molar-refractivity contribution is 6.20. The van der Waals surface area contributed by atoms with E-state index in [0.29, 0.717) is 23.0 Å². The van der Waals surface area contributed by atoms with Crippen LogP contribution in [0.2, 0.25) is 0 Å². The molecule has 3 rings (SSSR count). The number of nitrogens with two attached hydrogens (primary N) is 1. The molecule has 1 aliphatic rings. The molecule has 2 aromatic heterocycles. The Labute approximate surface area is 114 Å². The molecule has 100 valence electrons. The summed E-state index contributed by atoms with van der Waals surface area (Å²) in [7, 11) is 1.53. The molecule has 20 heavy (non-hydrogen) atoms. The molecule has 0 atom stereocenters. The lowest BCUT2D eigenvalue weighted by Gasteiger charge is -2.05. The Hall–Kier alpha value is -2.89. The number of aliphatic imine (C=N–C) groups is 1. The SMILES string of the molecule is COc1nn2ccccc2c1N=C1C=CC(=O)C=C1N. The van der Waals surface area contributed by atoms with Crippen molar-refractivity contribution in [1.29, 1.82) is 0 Å². The van der Waals surface area contributed by atoms with Gasteiger partial charge in [0.2, 0.25) is 0 Å². The van der Waals surface area contributed by atoms with Crippen LogP contribution in [-0.4, -0.2) is 28.2 Å². The van der Waals surface area contributed by atoms with Crippen molar-refractivity contribution in [3.63, 3.8) is 0 Å². The predicted octanol–water partition coefficient (Wildman–Crippen LogP) is 1.40. The van der Waals surface area contributed by atoms with E-state index in [-0.39, 0.29) is 5.78 Å². The van der Waals surface area contributed by atoms with Crippen LogP contribution in [0, 0.1) is 0 Å². The Morgan fingerprint density at radius 1 is 1.35 bits per heavy atom. The normalized spacial score (nSPS) is 16.8. The van der Waals surface area contributed by atoms with Crippen LogP contribution in [0.5, 0.6) is 5.88 Å². The van der Waals surface area contributed by atoms with Crippen LogP contribution >= 0.6 is 0 Å². The number of ketones is 1. The second-order valence-corrected chi connectivity index (χ2v) is 4.22. The average molecular weight is 268 g/mol. The number of hydrogen-bond acceptors (Lipinski definition) is 5. The van der Waals surface area contributed by atoms with Crippen molar-refractivity contribution in [3.8, 4) is 5.88 Å². The van der Waals surface area contributed by atoms with E-state index >= 15 is 0 Å². The number of methoxy groups -OCH3 is 1. The molecule has 0 aliphatic heterocycles. The first-order valence-corrected chi connectivity index (χ1v) is 5.98. The molecule has 0 spiro atoms. The lowest BCUT2D eigenvalue weighted by molar-refractivity contribution is -0.110. The molecule has 0 radical (unpaired) electrons. The molecule has 2 heterocycles. The fraction of sp³-hybridized carbons (Fsp3) is 0.0714. The molecule has 6 heteroatoms. The Bertz CT molecular complexity index is 784. The van der Waals surface area contributed by atoms with Crippen LogP contribution < -0.4 is 10.5 Å². The van der Waals surface area contributed by atoms with Crippen molar-refractivity contribution in [3.05, 3.63) is 48.3 Å². The predicted molar refractivity (Wildman–Crippen MR) is 75.3 cm³/mol. The van der Waals surface area contributed by atoms with E-state index in [1.807, 2.05) is 18.2 Å². The number of carbonyl (C=O) groups is 1. The van der Waals surface area contributed by atoms with Crippen LogP contribution in [0.15, 0.2) is 53.3 Å². The quantitative estimate of drug-likeness (QED) is 0.834. The molecule has 1 aliphatic carbocycles. The van der Waals surface area contributed by atoms with E-state index in [0.717, 1.165) is 5.52 Å². The largest absolute Gasteiger partial charge is 0.478 e. The maximum Gasteiger partial charge on any atom is 0.259 e. The summed E-state index contributed by atoms with van der Waals surface area (Å²) in [6, 6.07) is 5.63. The minimum absolute atomic E-state index is 0.145. The summed E-state index contributed by atoms with van der Waals surface area (Å²) in [6.45, 7) is 0. The highest BCUT2D eigenvalue weighted by atomic mass is 16.5. The summed E-state index contributed by atoms with van der Waals surface area (Å²) < 4.78 is 6.91. The molecule has 6 nitrogen and oxygen atoms in total. The van der Waals surface area contributed by atoms with Crippen molar-refractivity contribution < 1.29 is 9.53 Å². The maximum absolute atomic E-state index is 11.2. The summed E-state index contributed by atoms with van der Waals surface area (Å²) in [5, 5.41) is 4.27. The standard InChI is InChI=1S/C14H12N4O2/c1-20-14-13(12-4-2-3-7-18(12)17-14)16-11-6-5-9(19)8-10(11)15/h2-8H,15H2,1H3. The van der Waals surface area contributed by atoms with Gasteiger partial charge in [0, 0.05) is 12.3 Å². The van der Waals surface area contributed by atoms with E-state index in [1.54, 1.807) is 16.8 Å². The van der Waals surface area contributed by atoms with Gasteiger partial charge < -0.3 is 10.5 Å². The van der Waals surface area contributed by atoms with Crippen molar-refractivity contribution in [2.24, 2.45) is 10.7 Å². The van der Waals surface area contributed by atoms with Crippen molar-refractivity contribution in [2.45, 2.75) is 0 Å². The molecule has 0 aromatic carbocycles. The zero-order valence-electron chi connectivity index (χ0n) is 10.8. The molecule has 2 aromatic rings. The summed E-state index contributed by atoms with van der Waals surface area (Å²) in [4.78, 5) is 15.7. The number of fused-ring (bicyclic) bond motifs is 1. The highest BCUT2D eigenvalue weighted by Gasteiger charge is 2.15. The van der Waals surface area contributed by atoms with Crippen molar-refractivity contribution in [2.75, 3.05) is 7.11 Å². The van der Waals surface area contributed by atoms with E-state index in [4.69, 9.17) is 10.5 Å². The number of aromatic nitrogens is 2. The summed E-state index contributed by atoms with van der Waals surface area (Å²) in [5.74, 6) is 0.259. The Kier molecular flexibility index (Phi) is 2.83. The zero-order valence-corrected chi connectivity index (χ0v) is 10.8. The van der Waals surface area contributed by atoms with E-state index < -0.39 is 0 Å². The molecular formula is C14H12N4O2. The van der Waals surface area contributed by atoms with Crippen LogP contribution in [0.4, 0.5) is 5.69 Å². The van der Waals surface area contributed by atoms with Gasteiger partial charge in [-0.2, -0.15) is 0 Å². The topological polar surface area (TPSA) is 82.0 Å². The van der Waals surface area contributed by atoms with Gasteiger partial charge in [-0.05, 0) is 24.3 Å². The molecule has 0 bridgehead atoms. The highest BCUT2D eigenvalue weighted by Crippen LogP contribution is 2.32. The smallest absolute Gasteiger partial charge is 0.259 e. The van der Waals surface area contributed by atoms with Gasteiger partial charge in [-0.1, -0.05) is 6.07 Å². The lowest BCUT2D eigenvalue weighted by Crippen LogP contribution is -2.14. The van der Waals surface area contributed by atoms with Gasteiger partial charge in [0.05, 0.1) is 24.0 Å². The van der Waals surface area contributed by atoms with E-state index in [9.17, 15) is 4.79 Å². The summed E-state index contributed by atoms with van der Waals surface area (Å²) in [6.07, 6.45) is 6.16. The molecule has 0 saturated carbocycles. The van der Waals surface area contributed by atoms with Gasteiger partial charge in [0.1, 0.15) is 0 Å². The van der Waals surface area contributed by atoms with Crippen LogP contribution in [0.1, 0.15) is 0 Å². The second-order valence-electron chi connectivity index (χ2n) is 4.22. The second kappa shape index (κ2) is 4.65. The van der Waals surface area contributed by atoms with Crippen LogP contribution in [0.25, 0.3) is 5.52 Å². The van der Waals surface area contributed by atoms with Gasteiger partial charge in [-0.15, -0.1) is 5.10 Å². The number of hydrogen-bond donors (Lipinski definition) is 1. The maximum atomic E-state index is 11.2. The molecule has 0 amide bonds. The van der Waals surface area contributed by atoms with E-state index in [2.05, 4.69) is 10.1 Å². The first kappa shape index (κ1) is 12.2. The Morgan fingerprint density at radius 3 is 2.95 bits per heavy atom. The van der Waals surface area contributed by atoms with Gasteiger partial charge in [-0.3, -0.25) is 4.79 Å². The number of allylic oxidation sites excluding steroid dienone is 3. The molecular weight excluding hydrogens is 256 g/mol. The van der Waals surface area contributed by atoms with Crippen LogP contribution in [-0.2, 0) is 4.79 Å². The third kappa shape index (κ3) is 1.97. The Morgan fingerprint density at radius 2 is 2.20 bits per heavy atom. The fourth-order valence-corrected chi connectivity index (χ4v) is 1.96. The monoisotopic (exact) mass is 268 g/mol. The van der Waals surface area contributed by atoms with E-state index in [1.165, 1.54) is 19.3 Å². The van der Waals surface area contributed by atoms with Gasteiger partial charge >= 0.3 is 0 Å². The van der Waals surface area contributed by atoms with Crippen molar-refractivity contribution >= 4 is 22.7 Å². The van der Waals surface area contributed by atoms with Gasteiger partial charge in [-0.25, -0.2) is 9.51 Å². The number of nitrogens with zero attached hydrogens (tertiary/aromatic N) is 3. The molecule has 0 fully saturated rings. The molecule has 0 unspecified atom stereocenters. The van der Waals surface area contributed by atoms with Gasteiger partial charge in [0.25, 0.3) is 5.88 Å². The minimum atomic E-state index is -0.145. The average Bonchev–Trinajstić information content (AvgIpc) is 2.80. The fourth-order valence-electron chi connectivity index (χ4n) is 1.96. The number of rotatable bonds is 2. The minimum Gasteiger partial charge on any atom is -0.478 e. The van der Waals surface area contributed by atoms with Crippen molar-refractivity contribution in [1.82, 2.24) is 9.61 Å². The lowest BCUT2D eigenvalue weighted by atomic mass is 10.1. The first-order chi connectivity index (χ1) is 9.69. The number of pyridine rings is 1. The molecule has 2 N–H and O–H groups in total. The Balaban J connectivity index is 2.17. The van der Waals surface area contributed by atoms with Gasteiger partial charge in [0.15, 0.2) is 11.5 Å². The number of carbonyl (C=O) groups excluding carboxylic acids is 1. The summed E-state index contributed by atoms with van der Waals surface area (Å²) >= 11 is 0. The van der Waals surface area contributed by atoms with Crippen LogP contribution in [0.3, 0.4) is 0 Å². The third-order valence-electron chi connectivity index (χ3n) is 2.91. The zero-order chi connectivity index (χ0) is 14.1. The summed E-state index contributed by atoms with van der Waals surface area (Å²) in [5.41, 5.74) is 8.04.